The zero-order chi connectivity index (χ0) is 22.1. The smallest absolute Gasteiger partial charge is 0.387 e. The molecule has 2 N–H and O–H groups in total. The number of anilines is 2. The van der Waals surface area contributed by atoms with Crippen LogP contribution in [0.5, 0.6) is 5.75 Å². The molecule has 0 aliphatic carbocycles. The lowest BCUT2D eigenvalue weighted by Gasteiger charge is -2.29. The van der Waals surface area contributed by atoms with Gasteiger partial charge in [0.1, 0.15) is 18.1 Å². The largest absolute Gasteiger partial charge is 0.435 e. The number of nitrogens with one attached hydrogen (secondary N) is 2. The van der Waals surface area contributed by atoms with Gasteiger partial charge in [0.2, 0.25) is 5.95 Å². The van der Waals surface area contributed by atoms with Crippen molar-refractivity contribution in [1.29, 1.82) is 0 Å². The van der Waals surface area contributed by atoms with Gasteiger partial charge in [0.05, 0.1) is 5.57 Å². The third-order valence-electron chi connectivity index (χ3n) is 5.09. The van der Waals surface area contributed by atoms with E-state index in [-0.39, 0.29) is 11.7 Å². The number of alkyl halides is 2. The van der Waals surface area contributed by atoms with E-state index in [0.29, 0.717) is 28.5 Å². The molecule has 1 aliphatic heterocycles. The van der Waals surface area contributed by atoms with Crippen LogP contribution in [0, 0.1) is 13.8 Å². The first-order valence-corrected chi connectivity index (χ1v) is 9.64. The Labute approximate surface area is 177 Å². The number of ether oxygens (including phenoxy) is 1. The molecular formula is C22H21F2N5O2. The van der Waals surface area contributed by atoms with Crippen LogP contribution in [-0.2, 0) is 4.79 Å². The summed E-state index contributed by atoms with van der Waals surface area (Å²) in [5.41, 5.74) is 4.50. The minimum absolute atomic E-state index is 0.0356. The molecule has 0 saturated carbocycles. The van der Waals surface area contributed by atoms with Crippen molar-refractivity contribution >= 4 is 17.5 Å². The van der Waals surface area contributed by atoms with Crippen LogP contribution < -0.4 is 15.4 Å². The van der Waals surface area contributed by atoms with E-state index < -0.39 is 12.7 Å². The fourth-order valence-electron chi connectivity index (χ4n) is 3.67. The van der Waals surface area contributed by atoms with Gasteiger partial charge < -0.3 is 15.4 Å². The van der Waals surface area contributed by atoms with Gasteiger partial charge in [-0.3, -0.25) is 4.79 Å². The van der Waals surface area contributed by atoms with Crippen LogP contribution in [0.3, 0.4) is 0 Å². The van der Waals surface area contributed by atoms with Crippen LogP contribution >= 0.6 is 0 Å². The van der Waals surface area contributed by atoms with E-state index in [0.717, 1.165) is 11.1 Å². The predicted octanol–water partition coefficient (Wildman–Crippen LogP) is 4.42. The van der Waals surface area contributed by atoms with Crippen molar-refractivity contribution in [3.05, 3.63) is 76.8 Å². The number of amides is 1. The Balaban J connectivity index is 1.71. The normalized spacial score (nSPS) is 15.5. The van der Waals surface area contributed by atoms with E-state index in [1.54, 1.807) is 23.7 Å². The van der Waals surface area contributed by atoms with Gasteiger partial charge in [0.25, 0.3) is 5.91 Å². The summed E-state index contributed by atoms with van der Waals surface area (Å²) < 4.78 is 31.0. The highest BCUT2D eigenvalue weighted by atomic mass is 19.3. The predicted molar refractivity (Wildman–Crippen MR) is 112 cm³/mol. The van der Waals surface area contributed by atoms with E-state index in [9.17, 15) is 13.6 Å². The molecule has 160 valence electrons. The first-order chi connectivity index (χ1) is 14.8. The van der Waals surface area contributed by atoms with Crippen LogP contribution in [0.15, 0.2) is 60.1 Å². The lowest BCUT2D eigenvalue weighted by Crippen LogP contribution is -2.31. The minimum atomic E-state index is -2.91. The van der Waals surface area contributed by atoms with Crippen molar-refractivity contribution < 1.29 is 18.3 Å². The van der Waals surface area contributed by atoms with E-state index in [2.05, 4.69) is 25.5 Å². The van der Waals surface area contributed by atoms with Crippen molar-refractivity contribution in [3.63, 3.8) is 0 Å². The van der Waals surface area contributed by atoms with Crippen molar-refractivity contribution in [3.8, 4) is 5.75 Å². The topological polar surface area (TPSA) is 81.1 Å². The standard InChI is InChI=1S/C22H21F2N5O2/c1-12-4-9-17(13(2)10-12)28-20(30)18-14(3)27-22-25-11-26-29(22)19(18)15-5-7-16(8-6-15)31-21(23)24/h4-11,19,21H,1-3H3,(H,28,30)(H,25,26,27)/t19-/m1/s1. The number of carbonyl (C=O) groups excluding carboxylic acids is 1. The number of nitrogens with zero attached hydrogens (tertiary/aromatic N) is 3. The molecular weight excluding hydrogens is 404 g/mol. The van der Waals surface area contributed by atoms with Crippen LogP contribution in [0.25, 0.3) is 0 Å². The molecule has 0 saturated heterocycles. The maximum atomic E-state index is 13.3. The number of carbonyl (C=O) groups is 1. The van der Waals surface area contributed by atoms with E-state index in [4.69, 9.17) is 0 Å². The summed E-state index contributed by atoms with van der Waals surface area (Å²) in [6.07, 6.45) is 1.39. The summed E-state index contributed by atoms with van der Waals surface area (Å²) in [6.45, 7) is 2.79. The van der Waals surface area contributed by atoms with Gasteiger partial charge in [-0.2, -0.15) is 18.9 Å². The van der Waals surface area contributed by atoms with E-state index >= 15 is 0 Å². The molecule has 0 spiro atoms. The maximum absolute atomic E-state index is 13.3. The molecule has 1 atom stereocenters. The van der Waals surface area contributed by atoms with Crippen LogP contribution in [0.2, 0.25) is 0 Å². The second-order valence-corrected chi connectivity index (χ2v) is 7.31. The fraction of sp³-hybridized carbons (Fsp3) is 0.227. The van der Waals surface area contributed by atoms with Gasteiger partial charge in [-0.1, -0.05) is 29.8 Å². The quantitative estimate of drug-likeness (QED) is 0.632. The Hall–Kier alpha value is -3.75. The second kappa shape index (κ2) is 8.17. The molecule has 1 aliphatic rings. The number of hydrogen-bond donors (Lipinski definition) is 2. The number of aromatic nitrogens is 3. The average molecular weight is 425 g/mol. The molecule has 4 rings (SSSR count). The molecule has 3 aromatic rings. The zero-order valence-electron chi connectivity index (χ0n) is 17.2. The third kappa shape index (κ3) is 4.11. The van der Waals surface area contributed by atoms with Gasteiger partial charge in [-0.05, 0) is 50.1 Å². The molecule has 31 heavy (non-hydrogen) atoms. The number of fused-ring (bicyclic) bond motifs is 1. The molecule has 2 aromatic carbocycles. The SMILES string of the molecule is CC1=C(C(=O)Nc2ccc(C)cc2C)[C@@H](c2ccc(OC(F)F)cc2)n2ncnc2N1. The van der Waals surface area contributed by atoms with Crippen molar-refractivity contribution in [2.75, 3.05) is 10.6 Å². The van der Waals surface area contributed by atoms with Gasteiger partial charge in [-0.25, -0.2) is 4.68 Å². The lowest BCUT2D eigenvalue weighted by molar-refractivity contribution is -0.113. The summed E-state index contributed by atoms with van der Waals surface area (Å²) in [7, 11) is 0. The van der Waals surface area contributed by atoms with E-state index in [1.165, 1.54) is 18.5 Å². The number of hydrogen-bond acceptors (Lipinski definition) is 5. The highest BCUT2D eigenvalue weighted by Crippen LogP contribution is 2.36. The molecule has 2 heterocycles. The first kappa shape index (κ1) is 20.5. The number of allylic oxidation sites excluding steroid dienone is 1. The van der Waals surface area contributed by atoms with Gasteiger partial charge in [0, 0.05) is 11.4 Å². The van der Waals surface area contributed by atoms with Crippen LogP contribution in [0.1, 0.15) is 29.7 Å². The highest BCUT2D eigenvalue weighted by molar-refractivity contribution is 6.06. The summed E-state index contributed by atoms with van der Waals surface area (Å²) in [6, 6.07) is 11.3. The van der Waals surface area contributed by atoms with Gasteiger partial charge >= 0.3 is 6.61 Å². The molecule has 9 heteroatoms. The van der Waals surface area contributed by atoms with Crippen molar-refractivity contribution in [2.45, 2.75) is 33.4 Å². The van der Waals surface area contributed by atoms with Crippen molar-refractivity contribution in [1.82, 2.24) is 14.8 Å². The number of rotatable bonds is 5. The Morgan fingerprint density at radius 3 is 2.58 bits per heavy atom. The molecule has 0 radical (unpaired) electrons. The van der Waals surface area contributed by atoms with E-state index in [1.807, 2.05) is 32.0 Å². The second-order valence-electron chi connectivity index (χ2n) is 7.31. The molecule has 7 nitrogen and oxygen atoms in total. The van der Waals surface area contributed by atoms with Gasteiger partial charge in [0.15, 0.2) is 0 Å². The highest BCUT2D eigenvalue weighted by Gasteiger charge is 2.33. The van der Waals surface area contributed by atoms with Crippen LogP contribution in [0.4, 0.5) is 20.4 Å². The Kier molecular flexibility index (Phi) is 5.41. The molecule has 0 unspecified atom stereocenters. The minimum Gasteiger partial charge on any atom is -0.435 e. The van der Waals surface area contributed by atoms with Crippen molar-refractivity contribution in [2.24, 2.45) is 0 Å². The summed E-state index contributed by atoms with van der Waals surface area (Å²) in [5.74, 6) is 0.225. The Morgan fingerprint density at radius 1 is 1.16 bits per heavy atom. The Bertz CT molecular complexity index is 1150. The molecule has 0 bridgehead atoms. The number of halogens is 2. The van der Waals surface area contributed by atoms with Crippen LogP contribution in [-0.4, -0.2) is 27.3 Å². The monoisotopic (exact) mass is 425 g/mol. The molecule has 1 aromatic heterocycles. The summed E-state index contributed by atoms with van der Waals surface area (Å²) >= 11 is 0. The average Bonchev–Trinajstić information content (AvgIpc) is 3.17. The van der Waals surface area contributed by atoms with Gasteiger partial charge in [-0.15, -0.1) is 0 Å². The first-order valence-electron chi connectivity index (χ1n) is 9.64. The number of aryl methyl sites for hydroxylation is 2. The molecule has 0 fully saturated rings. The summed E-state index contributed by atoms with van der Waals surface area (Å²) in [5, 5.41) is 10.3. The number of benzene rings is 2. The Morgan fingerprint density at radius 2 is 1.90 bits per heavy atom. The zero-order valence-corrected chi connectivity index (χ0v) is 17.2. The molecule has 1 amide bonds. The fourth-order valence-corrected chi connectivity index (χ4v) is 3.67. The maximum Gasteiger partial charge on any atom is 0.387 e. The summed E-state index contributed by atoms with van der Waals surface area (Å²) in [4.78, 5) is 17.5. The lowest BCUT2D eigenvalue weighted by atomic mass is 9.94. The third-order valence-corrected chi connectivity index (χ3v) is 5.09.